The summed E-state index contributed by atoms with van der Waals surface area (Å²) in [4.78, 5) is 4.04. The highest BCUT2D eigenvalue weighted by Gasteiger charge is 2.09. The fourth-order valence-corrected chi connectivity index (χ4v) is 2.39. The average Bonchev–Trinajstić information content (AvgIpc) is 2.95. The molecule has 0 radical (unpaired) electrons. The van der Waals surface area contributed by atoms with Gasteiger partial charge < -0.3 is 4.57 Å². The number of nitrogens with zero attached hydrogens (tertiary/aromatic N) is 2. The van der Waals surface area contributed by atoms with Crippen molar-refractivity contribution < 1.29 is 4.39 Å². The van der Waals surface area contributed by atoms with Gasteiger partial charge >= 0.3 is 0 Å². The molecule has 0 atom stereocenters. The molecule has 0 unspecified atom stereocenters. The van der Waals surface area contributed by atoms with Gasteiger partial charge in [0, 0.05) is 23.8 Å². The van der Waals surface area contributed by atoms with Crippen LogP contribution >= 0.6 is 11.6 Å². The van der Waals surface area contributed by atoms with Gasteiger partial charge in [-0.25, -0.2) is 9.37 Å². The van der Waals surface area contributed by atoms with Crippen LogP contribution in [0.25, 0.3) is 5.69 Å². The van der Waals surface area contributed by atoms with Gasteiger partial charge in [-0.15, -0.1) is 0 Å². The minimum atomic E-state index is -0.205. The summed E-state index contributed by atoms with van der Waals surface area (Å²) >= 11 is 6.07. The maximum Gasteiger partial charge on any atom is 0.126 e. The number of hydrogen-bond donors (Lipinski definition) is 0. The lowest BCUT2D eigenvalue weighted by Gasteiger charge is -2.11. The van der Waals surface area contributed by atoms with Gasteiger partial charge in [-0.2, -0.15) is 0 Å². The van der Waals surface area contributed by atoms with E-state index in [2.05, 4.69) is 4.98 Å². The summed E-state index contributed by atoms with van der Waals surface area (Å²) in [7, 11) is 0. The lowest BCUT2D eigenvalue weighted by Crippen LogP contribution is -2.00. The summed E-state index contributed by atoms with van der Waals surface area (Å²) in [5.41, 5.74) is 2.56. The van der Waals surface area contributed by atoms with Crippen LogP contribution in [0.15, 0.2) is 61.2 Å². The summed E-state index contributed by atoms with van der Waals surface area (Å²) in [5, 5.41) is 0.639. The van der Waals surface area contributed by atoms with Crippen LogP contribution < -0.4 is 0 Å². The fraction of sp³-hybridized carbons (Fsp3) is 0.0625. The summed E-state index contributed by atoms with van der Waals surface area (Å²) < 4.78 is 15.7. The van der Waals surface area contributed by atoms with Gasteiger partial charge in [-0.3, -0.25) is 0 Å². The lowest BCUT2D eigenvalue weighted by atomic mass is 10.0. The van der Waals surface area contributed by atoms with Crippen molar-refractivity contribution in [1.82, 2.24) is 9.55 Å². The van der Waals surface area contributed by atoms with Gasteiger partial charge in [0.15, 0.2) is 0 Å². The van der Waals surface area contributed by atoms with Crippen LogP contribution in [0.2, 0.25) is 5.02 Å². The average molecular weight is 287 g/mol. The summed E-state index contributed by atoms with van der Waals surface area (Å²) in [5.74, 6) is -0.205. The Morgan fingerprint density at radius 2 is 1.95 bits per heavy atom. The van der Waals surface area contributed by atoms with Crippen LogP contribution in [0, 0.1) is 5.82 Å². The zero-order valence-corrected chi connectivity index (χ0v) is 11.4. The number of aromatic nitrogens is 2. The van der Waals surface area contributed by atoms with Crippen molar-refractivity contribution in [3.8, 4) is 5.69 Å². The van der Waals surface area contributed by atoms with Gasteiger partial charge in [-0.1, -0.05) is 29.8 Å². The highest BCUT2D eigenvalue weighted by Crippen LogP contribution is 2.23. The van der Waals surface area contributed by atoms with E-state index in [0.29, 0.717) is 17.0 Å². The molecule has 0 saturated carbocycles. The van der Waals surface area contributed by atoms with Crippen molar-refractivity contribution in [2.75, 3.05) is 0 Å². The Labute approximate surface area is 121 Å². The second kappa shape index (κ2) is 5.47. The van der Waals surface area contributed by atoms with Crippen LogP contribution in [-0.4, -0.2) is 9.55 Å². The third kappa shape index (κ3) is 2.58. The third-order valence-electron chi connectivity index (χ3n) is 3.16. The molecule has 0 fully saturated rings. The Morgan fingerprint density at radius 1 is 1.10 bits per heavy atom. The summed E-state index contributed by atoms with van der Waals surface area (Å²) in [6, 6.07) is 12.4. The minimum absolute atomic E-state index is 0.205. The first-order valence-electron chi connectivity index (χ1n) is 6.24. The van der Waals surface area contributed by atoms with Crippen molar-refractivity contribution in [2.24, 2.45) is 0 Å². The van der Waals surface area contributed by atoms with Crippen molar-refractivity contribution in [2.45, 2.75) is 6.42 Å². The molecule has 2 aromatic carbocycles. The van der Waals surface area contributed by atoms with Gasteiger partial charge in [-0.05, 0) is 35.4 Å². The van der Waals surface area contributed by atoms with E-state index in [4.69, 9.17) is 11.6 Å². The molecule has 4 heteroatoms. The van der Waals surface area contributed by atoms with Crippen molar-refractivity contribution in [3.05, 3.63) is 83.2 Å². The highest BCUT2D eigenvalue weighted by molar-refractivity contribution is 6.30. The molecule has 0 aliphatic carbocycles. The molecule has 3 aromatic rings. The van der Waals surface area contributed by atoms with E-state index in [-0.39, 0.29) is 5.82 Å². The quantitative estimate of drug-likeness (QED) is 0.703. The van der Waals surface area contributed by atoms with E-state index >= 15 is 0 Å². The molecule has 20 heavy (non-hydrogen) atoms. The van der Waals surface area contributed by atoms with Gasteiger partial charge in [0.1, 0.15) is 5.82 Å². The molecule has 1 aromatic heterocycles. The first-order chi connectivity index (χ1) is 9.74. The Kier molecular flexibility index (Phi) is 3.52. The molecule has 0 saturated heterocycles. The maximum absolute atomic E-state index is 13.8. The predicted molar refractivity (Wildman–Crippen MR) is 77.8 cm³/mol. The summed E-state index contributed by atoms with van der Waals surface area (Å²) in [6.45, 7) is 0. The second-order valence-electron chi connectivity index (χ2n) is 4.51. The fourth-order valence-electron chi connectivity index (χ4n) is 2.20. The molecule has 100 valence electrons. The van der Waals surface area contributed by atoms with Gasteiger partial charge in [0.2, 0.25) is 0 Å². The Balaban J connectivity index is 2.05. The van der Waals surface area contributed by atoms with Crippen molar-refractivity contribution in [1.29, 1.82) is 0 Å². The lowest BCUT2D eigenvalue weighted by molar-refractivity contribution is 0.614. The molecular formula is C16H12ClFN2. The third-order valence-corrected chi connectivity index (χ3v) is 3.40. The number of hydrogen-bond acceptors (Lipinski definition) is 1. The molecule has 1 heterocycles. The van der Waals surface area contributed by atoms with Crippen LogP contribution in [0.1, 0.15) is 11.1 Å². The second-order valence-corrected chi connectivity index (χ2v) is 4.95. The van der Waals surface area contributed by atoms with Crippen molar-refractivity contribution >= 4 is 11.6 Å². The first kappa shape index (κ1) is 12.9. The van der Waals surface area contributed by atoms with Crippen LogP contribution in [-0.2, 0) is 6.42 Å². The van der Waals surface area contributed by atoms with Crippen molar-refractivity contribution in [3.63, 3.8) is 0 Å². The predicted octanol–water partition coefficient (Wildman–Crippen LogP) is 4.26. The number of benzene rings is 2. The topological polar surface area (TPSA) is 17.8 Å². The van der Waals surface area contributed by atoms with Crippen LogP contribution in [0.3, 0.4) is 0 Å². The smallest absolute Gasteiger partial charge is 0.126 e. The first-order valence-corrected chi connectivity index (χ1v) is 6.62. The molecule has 0 N–H and O–H groups in total. The largest absolute Gasteiger partial charge is 0.306 e. The minimum Gasteiger partial charge on any atom is -0.306 e. The van der Waals surface area contributed by atoms with E-state index in [1.165, 1.54) is 6.07 Å². The van der Waals surface area contributed by atoms with E-state index in [1.807, 2.05) is 35.0 Å². The van der Waals surface area contributed by atoms with E-state index in [9.17, 15) is 4.39 Å². The monoisotopic (exact) mass is 286 g/mol. The Hall–Kier alpha value is -2.13. The normalized spacial score (nSPS) is 10.7. The Morgan fingerprint density at radius 3 is 2.70 bits per heavy atom. The number of halogens is 2. The molecule has 0 spiro atoms. The maximum atomic E-state index is 13.8. The summed E-state index contributed by atoms with van der Waals surface area (Å²) in [6.07, 6.45) is 5.77. The molecular weight excluding hydrogens is 275 g/mol. The van der Waals surface area contributed by atoms with Crippen LogP contribution in [0.4, 0.5) is 4.39 Å². The van der Waals surface area contributed by atoms with E-state index in [0.717, 1.165) is 11.3 Å². The van der Waals surface area contributed by atoms with Gasteiger partial charge in [0.05, 0.1) is 12.0 Å². The molecule has 2 nitrogen and oxygen atoms in total. The zero-order chi connectivity index (χ0) is 13.9. The van der Waals surface area contributed by atoms with Crippen LogP contribution in [0.5, 0.6) is 0 Å². The SMILES string of the molecule is Fc1ccccc1Cc1cc(Cl)ccc1-n1ccnc1. The van der Waals surface area contributed by atoms with E-state index < -0.39 is 0 Å². The van der Waals surface area contributed by atoms with E-state index in [1.54, 1.807) is 24.7 Å². The number of rotatable bonds is 3. The van der Waals surface area contributed by atoms with Gasteiger partial charge in [0.25, 0.3) is 0 Å². The molecule has 3 rings (SSSR count). The number of imidazole rings is 1. The molecule has 0 bridgehead atoms. The Bertz CT molecular complexity index is 723. The standard InChI is InChI=1S/C16H12ClFN2/c17-14-5-6-16(20-8-7-19-11-20)13(10-14)9-12-3-1-2-4-15(12)18/h1-8,10-11H,9H2. The molecule has 0 amide bonds. The zero-order valence-electron chi connectivity index (χ0n) is 10.6. The molecule has 0 aliphatic rings. The molecule has 0 aliphatic heterocycles. The highest BCUT2D eigenvalue weighted by atomic mass is 35.5.